The maximum Gasteiger partial charge on any atom is 0.343 e. The SMILES string of the molecule is CC[C@@]1(O)C(=O)OCc2c1cc1n(c2=O)Cc2c-1nc1cccc3c1c2N(CC(C)C)C=N3. The Morgan fingerprint density at radius 2 is 2.06 bits per heavy atom. The first-order valence-corrected chi connectivity index (χ1v) is 11.3. The van der Waals surface area contributed by atoms with Crippen LogP contribution in [0.25, 0.3) is 22.3 Å². The van der Waals surface area contributed by atoms with Gasteiger partial charge in [0.15, 0.2) is 5.60 Å². The summed E-state index contributed by atoms with van der Waals surface area (Å²) < 4.78 is 6.86. The minimum Gasteiger partial charge on any atom is -0.458 e. The van der Waals surface area contributed by atoms with Crippen LogP contribution >= 0.6 is 0 Å². The molecule has 3 aliphatic rings. The van der Waals surface area contributed by atoms with E-state index in [-0.39, 0.29) is 18.6 Å². The number of hydrogen-bond acceptors (Lipinski definition) is 7. The normalized spacial score (nSPS) is 20.2. The highest BCUT2D eigenvalue weighted by Gasteiger charge is 2.45. The number of pyridine rings is 2. The molecule has 0 aliphatic carbocycles. The molecule has 0 amide bonds. The van der Waals surface area contributed by atoms with Crippen LogP contribution in [0.5, 0.6) is 0 Å². The molecule has 8 nitrogen and oxygen atoms in total. The largest absolute Gasteiger partial charge is 0.458 e. The Bertz CT molecular complexity index is 1460. The Balaban J connectivity index is 1.65. The number of fused-ring (bicyclic) bond motifs is 5. The summed E-state index contributed by atoms with van der Waals surface area (Å²) in [6.07, 6.45) is 1.98. The van der Waals surface area contributed by atoms with Gasteiger partial charge in [-0.05, 0) is 30.5 Å². The van der Waals surface area contributed by atoms with Gasteiger partial charge in [0.05, 0.1) is 52.1 Å². The van der Waals surface area contributed by atoms with Gasteiger partial charge in [0.25, 0.3) is 5.56 Å². The second-order valence-corrected chi connectivity index (χ2v) is 9.35. The summed E-state index contributed by atoms with van der Waals surface area (Å²) in [4.78, 5) is 37.7. The Morgan fingerprint density at radius 3 is 2.82 bits per heavy atom. The highest BCUT2D eigenvalue weighted by Crippen LogP contribution is 2.46. The molecule has 1 aromatic carbocycles. The van der Waals surface area contributed by atoms with Crippen molar-refractivity contribution >= 4 is 34.6 Å². The second-order valence-electron chi connectivity index (χ2n) is 9.35. The van der Waals surface area contributed by atoms with Gasteiger partial charge in [-0.15, -0.1) is 0 Å². The van der Waals surface area contributed by atoms with E-state index < -0.39 is 11.6 Å². The lowest BCUT2D eigenvalue weighted by molar-refractivity contribution is -0.172. The Morgan fingerprint density at radius 1 is 1.24 bits per heavy atom. The number of anilines is 1. The summed E-state index contributed by atoms with van der Waals surface area (Å²) in [7, 11) is 0. The highest BCUT2D eigenvalue weighted by molar-refractivity contribution is 6.11. The second kappa shape index (κ2) is 6.74. The fraction of sp³-hybridized carbons (Fsp3) is 0.360. The molecule has 33 heavy (non-hydrogen) atoms. The standard InChI is InChI=1S/C25H24N4O4/c1-4-25(32)16-8-19-21-14(10-29(19)23(30)15(16)11-33-24(25)31)22-20-17(6-5-7-18(20)27-21)26-12-28(22)9-13(2)3/h5-8,12-13,32H,4,9-11H2,1-3H3/t25-/m0/s1. The average molecular weight is 444 g/mol. The van der Waals surface area contributed by atoms with Crippen molar-refractivity contribution in [2.75, 3.05) is 11.4 Å². The fourth-order valence-corrected chi connectivity index (χ4v) is 5.23. The number of rotatable bonds is 3. The van der Waals surface area contributed by atoms with Crippen LogP contribution in [0.3, 0.4) is 0 Å². The molecule has 6 rings (SSSR count). The molecule has 0 bridgehead atoms. The van der Waals surface area contributed by atoms with Crippen molar-refractivity contribution < 1.29 is 14.6 Å². The van der Waals surface area contributed by atoms with Crippen LogP contribution in [-0.4, -0.2) is 33.5 Å². The topological polar surface area (TPSA) is 97.0 Å². The van der Waals surface area contributed by atoms with E-state index in [9.17, 15) is 14.7 Å². The first kappa shape index (κ1) is 20.1. The lowest BCUT2D eigenvalue weighted by Gasteiger charge is -2.31. The van der Waals surface area contributed by atoms with Gasteiger partial charge in [-0.2, -0.15) is 0 Å². The number of nitrogens with zero attached hydrogens (tertiary/aromatic N) is 4. The van der Waals surface area contributed by atoms with Crippen LogP contribution in [0.15, 0.2) is 34.1 Å². The zero-order valence-corrected chi connectivity index (χ0v) is 18.8. The van der Waals surface area contributed by atoms with E-state index in [0.29, 0.717) is 35.0 Å². The number of hydrogen-bond donors (Lipinski definition) is 1. The van der Waals surface area contributed by atoms with Crippen LogP contribution in [0.2, 0.25) is 0 Å². The maximum atomic E-state index is 13.5. The van der Waals surface area contributed by atoms with E-state index in [1.54, 1.807) is 17.6 Å². The Kier molecular flexibility index (Phi) is 4.11. The number of aliphatic hydroxyl groups is 1. The monoisotopic (exact) mass is 444 g/mol. The lowest BCUT2D eigenvalue weighted by atomic mass is 9.86. The fourth-order valence-electron chi connectivity index (χ4n) is 5.23. The number of aliphatic imine (C=N–C) groups is 1. The van der Waals surface area contributed by atoms with Crippen molar-refractivity contribution in [3.05, 3.63) is 51.3 Å². The Labute approximate surface area is 190 Å². The molecule has 3 aliphatic heterocycles. The minimum absolute atomic E-state index is 0.118. The number of cyclic esters (lactones) is 1. The minimum atomic E-state index is -1.83. The van der Waals surface area contributed by atoms with Crippen LogP contribution in [0, 0.1) is 5.92 Å². The predicted octanol–water partition coefficient (Wildman–Crippen LogP) is 3.22. The first-order valence-electron chi connectivity index (χ1n) is 11.3. The van der Waals surface area contributed by atoms with Gasteiger partial charge in [-0.25, -0.2) is 14.8 Å². The molecule has 1 N–H and O–H groups in total. The smallest absolute Gasteiger partial charge is 0.343 e. The van der Waals surface area contributed by atoms with E-state index in [1.165, 1.54) is 0 Å². The van der Waals surface area contributed by atoms with Gasteiger partial charge >= 0.3 is 5.97 Å². The highest BCUT2D eigenvalue weighted by atomic mass is 16.6. The lowest BCUT2D eigenvalue weighted by Crippen LogP contribution is -2.44. The van der Waals surface area contributed by atoms with E-state index in [4.69, 9.17) is 9.72 Å². The van der Waals surface area contributed by atoms with Crippen LogP contribution in [-0.2, 0) is 28.3 Å². The summed E-state index contributed by atoms with van der Waals surface area (Å²) >= 11 is 0. The number of esters is 1. The molecule has 168 valence electrons. The van der Waals surface area contributed by atoms with Crippen molar-refractivity contribution in [2.45, 2.75) is 45.9 Å². The van der Waals surface area contributed by atoms with Crippen LogP contribution < -0.4 is 10.5 Å². The van der Waals surface area contributed by atoms with Gasteiger partial charge in [-0.1, -0.05) is 26.8 Å². The quantitative estimate of drug-likeness (QED) is 0.488. The van der Waals surface area contributed by atoms with Crippen molar-refractivity contribution in [2.24, 2.45) is 10.9 Å². The van der Waals surface area contributed by atoms with E-state index >= 15 is 0 Å². The van der Waals surface area contributed by atoms with E-state index in [0.717, 1.165) is 34.4 Å². The molecular formula is C25H24N4O4. The van der Waals surface area contributed by atoms with Gasteiger partial charge in [0, 0.05) is 17.7 Å². The number of benzene rings is 1. The van der Waals surface area contributed by atoms with Gasteiger partial charge in [0.2, 0.25) is 0 Å². The number of aromatic nitrogens is 2. The molecule has 0 spiro atoms. The molecule has 0 fully saturated rings. The molecule has 2 aromatic heterocycles. The van der Waals surface area contributed by atoms with Crippen molar-refractivity contribution in [1.82, 2.24) is 9.55 Å². The molecule has 8 heteroatoms. The van der Waals surface area contributed by atoms with Crippen molar-refractivity contribution in [1.29, 1.82) is 0 Å². The van der Waals surface area contributed by atoms with Crippen molar-refractivity contribution in [3.8, 4) is 11.4 Å². The van der Waals surface area contributed by atoms with Crippen LogP contribution in [0.1, 0.15) is 43.9 Å². The maximum absolute atomic E-state index is 13.5. The number of carbonyl (C=O) groups excluding carboxylic acids is 1. The van der Waals surface area contributed by atoms with E-state index in [1.807, 2.05) is 24.5 Å². The average Bonchev–Trinajstić information content (AvgIpc) is 3.16. The van der Waals surface area contributed by atoms with Gasteiger partial charge in [-0.3, -0.25) is 4.79 Å². The molecular weight excluding hydrogens is 420 g/mol. The van der Waals surface area contributed by atoms with Crippen molar-refractivity contribution in [3.63, 3.8) is 0 Å². The summed E-state index contributed by atoms with van der Waals surface area (Å²) in [6.45, 7) is 7.03. The third-order valence-corrected chi connectivity index (χ3v) is 6.85. The number of carbonyl (C=O) groups is 1. The van der Waals surface area contributed by atoms with Gasteiger partial charge in [0.1, 0.15) is 6.61 Å². The first-order chi connectivity index (χ1) is 15.8. The Hall–Kier alpha value is -3.52. The van der Waals surface area contributed by atoms with E-state index in [2.05, 4.69) is 23.7 Å². The number of ether oxygens (including phenoxy) is 1. The molecule has 5 heterocycles. The third-order valence-electron chi connectivity index (χ3n) is 6.85. The predicted molar refractivity (Wildman–Crippen MR) is 125 cm³/mol. The molecule has 3 aromatic rings. The summed E-state index contributed by atoms with van der Waals surface area (Å²) in [5.74, 6) is -0.312. The molecule has 0 saturated heterocycles. The summed E-state index contributed by atoms with van der Waals surface area (Å²) in [5.41, 5.74) is 3.53. The van der Waals surface area contributed by atoms with Gasteiger partial charge < -0.3 is 19.3 Å². The zero-order valence-electron chi connectivity index (χ0n) is 18.8. The molecule has 0 radical (unpaired) electrons. The molecule has 0 unspecified atom stereocenters. The van der Waals surface area contributed by atoms with Crippen LogP contribution in [0.4, 0.5) is 11.4 Å². The summed E-state index contributed by atoms with van der Waals surface area (Å²) in [6, 6.07) is 7.61. The summed E-state index contributed by atoms with van der Waals surface area (Å²) in [5, 5.41) is 12.1. The third kappa shape index (κ3) is 2.61. The molecule has 1 atom stereocenters. The molecule has 0 saturated carbocycles. The zero-order chi connectivity index (χ0) is 23.1.